The average molecular weight is 402 g/mol. The number of hydrogen-bond donors (Lipinski definition) is 1. The Labute approximate surface area is 154 Å². The first-order chi connectivity index (χ1) is 11.7. The Morgan fingerprint density at radius 1 is 1.36 bits per heavy atom. The number of halogens is 1. The highest BCUT2D eigenvalue weighted by Crippen LogP contribution is 2.35. The first-order valence-electron chi connectivity index (χ1n) is 7.55. The summed E-state index contributed by atoms with van der Waals surface area (Å²) in [7, 11) is -3.13. The molecular formula is C16H16ClNO5S2. The molecule has 9 heteroatoms. The van der Waals surface area contributed by atoms with Gasteiger partial charge in [-0.15, -0.1) is 11.3 Å². The summed E-state index contributed by atoms with van der Waals surface area (Å²) < 4.78 is 29.0. The second kappa shape index (κ2) is 6.59. The standard InChI is InChI=1S/C16H16ClNO5S2/c1-16(6-7-25(21,22)9-16)18-12(19)8-23-15(20)14-13(17)10-4-2-3-5-11(10)24-14/h2-5H,6-9H2,1H3,(H,18,19)/t16-/m1/s1. The van der Waals surface area contributed by atoms with E-state index in [9.17, 15) is 18.0 Å². The summed E-state index contributed by atoms with van der Waals surface area (Å²) in [6, 6.07) is 7.31. The zero-order chi connectivity index (χ0) is 18.2. The summed E-state index contributed by atoms with van der Waals surface area (Å²) in [5.41, 5.74) is -0.822. The Morgan fingerprint density at radius 3 is 2.72 bits per heavy atom. The van der Waals surface area contributed by atoms with Crippen LogP contribution in [0.5, 0.6) is 0 Å². The molecule has 1 aliphatic rings. The number of sulfone groups is 1. The minimum atomic E-state index is -3.13. The molecule has 0 saturated carbocycles. The van der Waals surface area contributed by atoms with Crippen molar-refractivity contribution in [1.29, 1.82) is 0 Å². The molecule has 1 N–H and O–H groups in total. The molecule has 6 nitrogen and oxygen atoms in total. The molecule has 2 aromatic rings. The maximum absolute atomic E-state index is 12.2. The van der Waals surface area contributed by atoms with E-state index in [0.717, 1.165) is 10.1 Å². The van der Waals surface area contributed by atoms with Gasteiger partial charge in [-0.2, -0.15) is 0 Å². The van der Waals surface area contributed by atoms with Crippen molar-refractivity contribution in [2.45, 2.75) is 18.9 Å². The smallest absolute Gasteiger partial charge is 0.350 e. The van der Waals surface area contributed by atoms with Gasteiger partial charge in [0.15, 0.2) is 16.4 Å². The van der Waals surface area contributed by atoms with E-state index in [1.807, 2.05) is 18.2 Å². The Morgan fingerprint density at radius 2 is 2.08 bits per heavy atom. The van der Waals surface area contributed by atoms with Crippen molar-refractivity contribution in [3.8, 4) is 0 Å². The molecule has 1 fully saturated rings. The van der Waals surface area contributed by atoms with Crippen LogP contribution in [0.4, 0.5) is 0 Å². The lowest BCUT2D eigenvalue weighted by atomic mass is 10.0. The largest absolute Gasteiger partial charge is 0.451 e. The molecule has 0 radical (unpaired) electrons. The fourth-order valence-electron chi connectivity index (χ4n) is 2.82. The zero-order valence-corrected chi connectivity index (χ0v) is 15.8. The SMILES string of the molecule is C[C@@]1(NC(=O)COC(=O)c2sc3ccccc3c2Cl)CCS(=O)(=O)C1. The van der Waals surface area contributed by atoms with Crippen molar-refractivity contribution in [3.05, 3.63) is 34.2 Å². The molecule has 0 unspecified atom stereocenters. The van der Waals surface area contributed by atoms with E-state index in [-0.39, 0.29) is 16.4 Å². The van der Waals surface area contributed by atoms with E-state index in [1.54, 1.807) is 13.0 Å². The monoisotopic (exact) mass is 401 g/mol. The molecule has 0 bridgehead atoms. The van der Waals surface area contributed by atoms with Crippen LogP contribution < -0.4 is 5.32 Å². The van der Waals surface area contributed by atoms with Crippen molar-refractivity contribution >= 4 is 54.7 Å². The number of carbonyl (C=O) groups is 2. The molecule has 1 saturated heterocycles. The first kappa shape index (κ1) is 18.2. The summed E-state index contributed by atoms with van der Waals surface area (Å²) in [6.07, 6.45) is 0.344. The molecule has 2 heterocycles. The van der Waals surface area contributed by atoms with Gasteiger partial charge < -0.3 is 10.1 Å². The van der Waals surface area contributed by atoms with Crippen LogP contribution in [0.1, 0.15) is 23.0 Å². The lowest BCUT2D eigenvalue weighted by molar-refractivity contribution is -0.125. The van der Waals surface area contributed by atoms with Crippen LogP contribution in [0.25, 0.3) is 10.1 Å². The molecule has 1 atom stereocenters. The minimum absolute atomic E-state index is 0.0426. The van der Waals surface area contributed by atoms with Crippen LogP contribution in [0.2, 0.25) is 5.02 Å². The lowest BCUT2D eigenvalue weighted by Gasteiger charge is -2.23. The van der Waals surface area contributed by atoms with Crippen LogP contribution in [-0.2, 0) is 19.4 Å². The third-order valence-corrected chi connectivity index (χ3v) is 7.56. The predicted molar refractivity (Wildman–Crippen MR) is 96.9 cm³/mol. The van der Waals surface area contributed by atoms with E-state index in [4.69, 9.17) is 16.3 Å². The van der Waals surface area contributed by atoms with Gasteiger partial charge in [-0.25, -0.2) is 13.2 Å². The minimum Gasteiger partial charge on any atom is -0.451 e. The van der Waals surface area contributed by atoms with Crippen molar-refractivity contribution in [3.63, 3.8) is 0 Å². The van der Waals surface area contributed by atoms with E-state index in [0.29, 0.717) is 11.4 Å². The molecule has 25 heavy (non-hydrogen) atoms. The Bertz CT molecular complexity index is 953. The third-order valence-electron chi connectivity index (χ3n) is 4.00. The van der Waals surface area contributed by atoms with Gasteiger partial charge >= 0.3 is 5.97 Å². The zero-order valence-electron chi connectivity index (χ0n) is 13.4. The second-order valence-corrected chi connectivity index (χ2v) is 9.88. The fraction of sp³-hybridized carbons (Fsp3) is 0.375. The summed E-state index contributed by atoms with van der Waals surface area (Å²) in [4.78, 5) is 24.4. The number of rotatable bonds is 4. The number of thiophene rings is 1. The number of hydrogen-bond acceptors (Lipinski definition) is 6. The molecule has 3 rings (SSSR count). The number of amides is 1. The molecule has 1 amide bonds. The van der Waals surface area contributed by atoms with E-state index in [1.165, 1.54) is 11.3 Å². The Balaban J connectivity index is 1.62. The van der Waals surface area contributed by atoms with E-state index >= 15 is 0 Å². The van der Waals surface area contributed by atoms with Crippen molar-refractivity contribution < 1.29 is 22.7 Å². The van der Waals surface area contributed by atoms with Gasteiger partial charge in [-0.1, -0.05) is 29.8 Å². The van der Waals surface area contributed by atoms with E-state index < -0.39 is 33.9 Å². The van der Waals surface area contributed by atoms with Gasteiger partial charge in [0.25, 0.3) is 5.91 Å². The van der Waals surface area contributed by atoms with Crippen molar-refractivity contribution in [1.82, 2.24) is 5.32 Å². The van der Waals surface area contributed by atoms with Crippen LogP contribution in [0.3, 0.4) is 0 Å². The van der Waals surface area contributed by atoms with Gasteiger partial charge in [0.1, 0.15) is 4.88 Å². The van der Waals surface area contributed by atoms with Gasteiger partial charge in [-0.3, -0.25) is 4.79 Å². The number of nitrogens with one attached hydrogen (secondary N) is 1. The third kappa shape index (κ3) is 3.96. The predicted octanol–water partition coefficient (Wildman–Crippen LogP) is 2.40. The molecule has 1 aromatic heterocycles. The highest BCUT2D eigenvalue weighted by molar-refractivity contribution is 7.91. The van der Waals surface area contributed by atoms with Gasteiger partial charge in [-0.05, 0) is 19.4 Å². The molecule has 0 aliphatic carbocycles. The van der Waals surface area contributed by atoms with Crippen molar-refractivity contribution in [2.75, 3.05) is 18.1 Å². The number of fused-ring (bicyclic) bond motifs is 1. The Kier molecular flexibility index (Phi) is 4.78. The number of carbonyl (C=O) groups excluding carboxylic acids is 2. The number of benzene rings is 1. The average Bonchev–Trinajstić information content (AvgIpc) is 3.02. The maximum Gasteiger partial charge on any atom is 0.350 e. The number of ether oxygens (including phenoxy) is 1. The normalized spacial score (nSPS) is 22.0. The number of esters is 1. The van der Waals surface area contributed by atoms with E-state index in [2.05, 4.69) is 5.32 Å². The van der Waals surface area contributed by atoms with Crippen LogP contribution >= 0.6 is 22.9 Å². The summed E-state index contributed by atoms with van der Waals surface area (Å²) in [6.45, 7) is 1.18. The molecule has 1 aromatic carbocycles. The second-order valence-electron chi connectivity index (χ2n) is 6.27. The van der Waals surface area contributed by atoms with Gasteiger partial charge in [0.2, 0.25) is 0 Å². The highest BCUT2D eigenvalue weighted by Gasteiger charge is 2.39. The summed E-state index contributed by atoms with van der Waals surface area (Å²) in [5, 5.41) is 3.70. The highest BCUT2D eigenvalue weighted by atomic mass is 35.5. The van der Waals surface area contributed by atoms with Crippen LogP contribution in [0, 0.1) is 0 Å². The van der Waals surface area contributed by atoms with Crippen molar-refractivity contribution in [2.24, 2.45) is 0 Å². The Hall–Kier alpha value is -1.64. The summed E-state index contributed by atoms with van der Waals surface area (Å²) >= 11 is 7.40. The van der Waals surface area contributed by atoms with Gasteiger partial charge in [0.05, 0.1) is 22.1 Å². The summed E-state index contributed by atoms with van der Waals surface area (Å²) in [5.74, 6) is -1.28. The molecule has 134 valence electrons. The molecular weight excluding hydrogens is 386 g/mol. The lowest BCUT2D eigenvalue weighted by Crippen LogP contribution is -2.48. The van der Waals surface area contributed by atoms with Crippen LogP contribution in [0.15, 0.2) is 24.3 Å². The maximum atomic E-state index is 12.2. The fourth-order valence-corrected chi connectivity index (χ4v) is 6.32. The molecule has 0 spiro atoms. The first-order valence-corrected chi connectivity index (χ1v) is 10.6. The van der Waals surface area contributed by atoms with Crippen LogP contribution in [-0.4, -0.2) is 43.9 Å². The van der Waals surface area contributed by atoms with Gasteiger partial charge in [0, 0.05) is 10.1 Å². The quantitative estimate of drug-likeness (QED) is 0.794. The topological polar surface area (TPSA) is 89.5 Å². The molecule has 1 aliphatic heterocycles.